The van der Waals surface area contributed by atoms with Gasteiger partial charge in [0.15, 0.2) is 0 Å². The van der Waals surface area contributed by atoms with Crippen LogP contribution < -0.4 is 9.71 Å². The molecule has 0 unspecified atom stereocenters. The van der Waals surface area contributed by atoms with Crippen LogP contribution in [0.2, 0.25) is 0 Å². The van der Waals surface area contributed by atoms with Crippen LogP contribution in [-0.4, -0.2) is 19.4 Å². The Hall–Kier alpha value is -2.64. The van der Waals surface area contributed by atoms with Crippen LogP contribution in [0.4, 0.5) is 5.69 Å². The number of hydrogen-bond donors (Lipinski definition) is 3. The molecule has 27 heavy (non-hydrogen) atoms. The van der Waals surface area contributed by atoms with Crippen molar-refractivity contribution in [2.45, 2.75) is 11.8 Å². The highest BCUT2D eigenvalue weighted by molar-refractivity contribution is 9.10. The van der Waals surface area contributed by atoms with E-state index in [2.05, 4.69) is 25.6 Å². The lowest BCUT2D eigenvalue weighted by atomic mass is 10.2. The lowest BCUT2D eigenvalue weighted by Gasteiger charge is -2.06. The second-order valence-electron chi connectivity index (χ2n) is 5.95. The first kappa shape index (κ1) is 19.1. The van der Waals surface area contributed by atoms with Gasteiger partial charge in [0.05, 0.1) is 10.0 Å². The number of rotatable bonds is 4. The van der Waals surface area contributed by atoms with Gasteiger partial charge in [-0.1, -0.05) is 35.9 Å². The summed E-state index contributed by atoms with van der Waals surface area (Å²) in [6, 6.07) is 20.6. The molecule has 0 amide bonds. The lowest BCUT2D eigenvalue weighted by molar-refractivity contribution is -0.266. The summed E-state index contributed by atoms with van der Waals surface area (Å²) in [5.74, 6) is 0.413. The maximum absolute atomic E-state index is 12.8. The van der Waals surface area contributed by atoms with Crippen molar-refractivity contribution < 1.29 is 17.9 Å². The van der Waals surface area contributed by atoms with Crippen molar-refractivity contribution in [2.75, 3.05) is 5.32 Å². The van der Waals surface area contributed by atoms with E-state index in [1.807, 2.05) is 25.1 Å². The third kappa shape index (κ3) is 4.75. The van der Waals surface area contributed by atoms with E-state index in [0.29, 0.717) is 21.6 Å². The largest absolute Gasteiger partial charge is 0.507 e. The number of halogens is 1. The van der Waals surface area contributed by atoms with Crippen LogP contribution in [-0.2, 0) is 10.0 Å². The summed E-state index contributed by atoms with van der Waals surface area (Å²) in [6.07, 6.45) is 0. The van der Waals surface area contributed by atoms with E-state index in [-0.39, 0.29) is 10.6 Å². The summed E-state index contributed by atoms with van der Waals surface area (Å²) >= 11 is 3.26. The molecule has 0 aliphatic heterocycles. The van der Waals surface area contributed by atoms with Crippen LogP contribution in [0.3, 0.4) is 0 Å². The molecule has 0 fully saturated rings. The Labute approximate surface area is 166 Å². The van der Waals surface area contributed by atoms with Gasteiger partial charge in [0.2, 0.25) is 0 Å². The third-order valence-corrected chi connectivity index (χ3v) is 5.85. The zero-order valence-corrected chi connectivity index (χ0v) is 16.9. The predicted molar refractivity (Wildman–Crippen MR) is 109 cm³/mol. The van der Waals surface area contributed by atoms with Crippen LogP contribution >= 0.6 is 15.9 Å². The maximum Gasteiger partial charge on any atom is 0.328 e. The van der Waals surface area contributed by atoms with Gasteiger partial charge in [-0.2, -0.15) is 12.8 Å². The van der Waals surface area contributed by atoms with Gasteiger partial charge in [-0.25, -0.2) is 5.32 Å². The second-order valence-corrected chi connectivity index (χ2v) is 8.49. The van der Waals surface area contributed by atoms with Gasteiger partial charge in [0, 0.05) is 6.07 Å². The first-order valence-electron chi connectivity index (χ1n) is 8.12. The maximum atomic E-state index is 12.8. The fraction of sp³-hybridized carbons (Fsp3) is 0.0500. The van der Waals surface area contributed by atoms with Crippen LogP contribution in [0, 0.1) is 6.92 Å². The standard InChI is InChI=1S/C20H17BrN2O3S/c1-14-7-10-17(11-8-14)27(25,26)23-20(15-5-3-2-4-6-15)22-16-9-12-19(24)18(21)13-16/h2-13,24H,1H3,(H,22,23)/p+1. The Balaban J connectivity index is 2.05. The first-order chi connectivity index (χ1) is 12.8. The molecule has 0 saturated heterocycles. The molecule has 3 aromatic carbocycles. The molecule has 7 heteroatoms. The predicted octanol–water partition coefficient (Wildman–Crippen LogP) is 2.79. The lowest BCUT2D eigenvalue weighted by Crippen LogP contribution is -2.78. The minimum absolute atomic E-state index is 0.0991. The molecular weight excluding hydrogens is 428 g/mol. The number of phenols is 1. The van der Waals surface area contributed by atoms with Crippen LogP contribution in [0.25, 0.3) is 0 Å². The van der Waals surface area contributed by atoms with E-state index in [1.165, 1.54) is 6.07 Å². The van der Waals surface area contributed by atoms with Crippen molar-refractivity contribution in [1.82, 2.24) is 0 Å². The van der Waals surface area contributed by atoms with Crippen LogP contribution in [0.1, 0.15) is 11.1 Å². The van der Waals surface area contributed by atoms with Gasteiger partial charge in [0.1, 0.15) is 16.3 Å². The number of hydrogen-bond acceptors (Lipinski definition) is 3. The summed E-state index contributed by atoms with van der Waals surface area (Å²) in [4.78, 5) is 0.176. The number of sulfonamides is 1. The van der Waals surface area contributed by atoms with E-state index in [4.69, 9.17) is 0 Å². The first-order valence-corrected chi connectivity index (χ1v) is 10.4. The molecule has 0 heterocycles. The molecule has 3 aromatic rings. The molecule has 0 aliphatic rings. The van der Waals surface area contributed by atoms with Gasteiger partial charge in [-0.15, -0.1) is 0 Å². The van der Waals surface area contributed by atoms with Crippen molar-refractivity contribution in [3.05, 3.63) is 88.4 Å². The number of aryl methyl sites for hydroxylation is 1. The number of aromatic hydroxyl groups is 1. The van der Waals surface area contributed by atoms with Gasteiger partial charge in [0.25, 0.3) is 5.84 Å². The molecule has 0 bridgehead atoms. The SMILES string of the molecule is Cc1ccc(S(=O)(=O)[NH+]=C(Nc2ccc(O)c(Br)c2)c2ccccc2)cc1. The summed E-state index contributed by atoms with van der Waals surface area (Å²) in [7, 11) is -3.77. The number of nitrogens with one attached hydrogen (secondary N) is 2. The Morgan fingerprint density at radius 3 is 2.30 bits per heavy atom. The smallest absolute Gasteiger partial charge is 0.328 e. The highest BCUT2D eigenvalue weighted by Gasteiger charge is 2.20. The molecule has 0 atom stereocenters. The van der Waals surface area contributed by atoms with Crippen molar-refractivity contribution in [1.29, 1.82) is 0 Å². The van der Waals surface area contributed by atoms with Gasteiger partial charge >= 0.3 is 10.0 Å². The van der Waals surface area contributed by atoms with Gasteiger partial charge in [-0.05, 0) is 59.3 Å². The van der Waals surface area contributed by atoms with E-state index in [0.717, 1.165) is 5.56 Å². The summed E-state index contributed by atoms with van der Waals surface area (Å²) in [6.45, 7) is 1.90. The molecule has 0 saturated carbocycles. The van der Waals surface area contributed by atoms with Crippen LogP contribution in [0.15, 0.2) is 82.2 Å². The second kappa shape index (κ2) is 7.94. The summed E-state index contributed by atoms with van der Waals surface area (Å²) in [5.41, 5.74) is 2.27. The minimum atomic E-state index is -3.77. The summed E-state index contributed by atoms with van der Waals surface area (Å²) < 4.78 is 28.8. The molecule has 3 N–H and O–H groups in total. The van der Waals surface area contributed by atoms with Crippen molar-refractivity contribution in [3.63, 3.8) is 0 Å². The third-order valence-electron chi connectivity index (χ3n) is 3.85. The molecule has 3 rings (SSSR count). The molecule has 0 aliphatic carbocycles. The molecular formula is C20H18BrN2O3S+. The number of benzene rings is 3. The average molecular weight is 446 g/mol. The molecule has 0 spiro atoms. The molecule has 5 nitrogen and oxygen atoms in total. The Bertz CT molecular complexity index is 1080. The van der Waals surface area contributed by atoms with Crippen molar-refractivity contribution in [2.24, 2.45) is 0 Å². The highest BCUT2D eigenvalue weighted by atomic mass is 79.9. The fourth-order valence-electron chi connectivity index (χ4n) is 2.40. The average Bonchev–Trinajstić information content (AvgIpc) is 2.65. The highest BCUT2D eigenvalue weighted by Crippen LogP contribution is 2.26. The van der Waals surface area contributed by atoms with E-state index in [1.54, 1.807) is 48.5 Å². The number of amidine groups is 1. The topological polar surface area (TPSA) is 80.4 Å². The zero-order valence-electron chi connectivity index (χ0n) is 14.5. The van der Waals surface area contributed by atoms with Crippen LogP contribution in [0.5, 0.6) is 5.75 Å². The van der Waals surface area contributed by atoms with E-state index >= 15 is 0 Å². The van der Waals surface area contributed by atoms with Crippen molar-refractivity contribution in [3.8, 4) is 5.75 Å². The van der Waals surface area contributed by atoms with E-state index < -0.39 is 10.0 Å². The van der Waals surface area contributed by atoms with E-state index in [9.17, 15) is 13.5 Å². The Morgan fingerprint density at radius 1 is 1.00 bits per heavy atom. The molecule has 0 aromatic heterocycles. The fourth-order valence-corrected chi connectivity index (χ4v) is 3.83. The zero-order chi connectivity index (χ0) is 19.4. The quantitative estimate of drug-likeness (QED) is 0.327. The Morgan fingerprint density at radius 2 is 1.67 bits per heavy atom. The monoisotopic (exact) mass is 445 g/mol. The Kier molecular flexibility index (Phi) is 5.62. The molecule has 0 radical (unpaired) electrons. The van der Waals surface area contributed by atoms with Gasteiger partial charge in [-0.3, -0.25) is 0 Å². The number of anilines is 1. The molecule has 138 valence electrons. The van der Waals surface area contributed by atoms with Gasteiger partial charge < -0.3 is 5.11 Å². The number of phenolic OH excluding ortho intramolecular Hbond substituents is 1. The minimum Gasteiger partial charge on any atom is -0.507 e. The summed E-state index contributed by atoms with van der Waals surface area (Å²) in [5, 5.41) is 12.7. The normalized spacial score (nSPS) is 12.0. The van der Waals surface area contributed by atoms with Crippen molar-refractivity contribution >= 4 is 37.5 Å².